The van der Waals surface area contributed by atoms with Crippen LogP contribution in [0, 0.1) is 11.8 Å². The van der Waals surface area contributed by atoms with Crippen LogP contribution in [0.3, 0.4) is 0 Å². The van der Waals surface area contributed by atoms with Gasteiger partial charge in [0.1, 0.15) is 12.7 Å². The largest absolute Gasteiger partial charge is 0.461 e. The van der Waals surface area contributed by atoms with Crippen LogP contribution in [0.2, 0.25) is 0 Å². The molecule has 25 heavy (non-hydrogen) atoms. The van der Waals surface area contributed by atoms with E-state index in [0.29, 0.717) is 19.3 Å². The van der Waals surface area contributed by atoms with Gasteiger partial charge in [-0.2, -0.15) is 0 Å². The number of hydrogen-bond acceptors (Lipinski definition) is 5. The van der Waals surface area contributed by atoms with Crippen LogP contribution in [-0.4, -0.2) is 29.3 Å². The molecule has 0 aromatic heterocycles. The lowest BCUT2D eigenvalue weighted by atomic mass is 9.79. The summed E-state index contributed by atoms with van der Waals surface area (Å²) in [5, 5.41) is 9.68. The van der Waals surface area contributed by atoms with Crippen LogP contribution in [-0.2, 0) is 25.7 Å². The van der Waals surface area contributed by atoms with Gasteiger partial charge in [0.05, 0.1) is 17.9 Å². The highest BCUT2D eigenvalue weighted by atomic mass is 16.6. The molecule has 1 aliphatic carbocycles. The Kier molecular flexibility index (Phi) is 7.44. The van der Waals surface area contributed by atoms with Crippen molar-refractivity contribution in [1.82, 2.24) is 0 Å². The Morgan fingerprint density at radius 2 is 1.72 bits per heavy atom. The molecule has 0 radical (unpaired) electrons. The normalized spacial score (nSPS) is 22.7. The third-order valence-electron chi connectivity index (χ3n) is 4.80. The minimum atomic E-state index is -0.721. The SMILES string of the molecule is CCC(OC(=O)C1CCCCC1C(=O)OCc1ccccc1)C(C)O. The number of rotatable bonds is 7. The molecule has 4 unspecified atom stereocenters. The molecule has 138 valence electrons. The van der Waals surface area contributed by atoms with Gasteiger partial charge in [0.2, 0.25) is 0 Å². The molecule has 1 fully saturated rings. The Bertz CT molecular complexity index is 554. The third kappa shape index (κ3) is 5.56. The van der Waals surface area contributed by atoms with E-state index in [9.17, 15) is 14.7 Å². The molecule has 1 aliphatic rings. The predicted molar refractivity (Wildman–Crippen MR) is 93.5 cm³/mol. The number of benzene rings is 1. The average molecular weight is 348 g/mol. The molecule has 1 aromatic rings. The van der Waals surface area contributed by atoms with Crippen molar-refractivity contribution >= 4 is 11.9 Å². The number of esters is 2. The first-order chi connectivity index (χ1) is 12.0. The molecule has 5 heteroatoms. The Hall–Kier alpha value is -1.88. The van der Waals surface area contributed by atoms with Crippen molar-refractivity contribution in [2.75, 3.05) is 0 Å². The standard InChI is InChI=1S/C20H28O5/c1-3-18(14(2)21)25-20(23)17-12-8-7-11-16(17)19(22)24-13-15-9-5-4-6-10-15/h4-6,9-10,14,16-18,21H,3,7-8,11-13H2,1-2H3. The topological polar surface area (TPSA) is 72.8 Å². The number of carbonyl (C=O) groups is 2. The lowest BCUT2D eigenvalue weighted by Crippen LogP contribution is -2.38. The molecule has 0 spiro atoms. The molecule has 0 bridgehead atoms. The molecular weight excluding hydrogens is 320 g/mol. The van der Waals surface area contributed by atoms with Crippen molar-refractivity contribution in [2.24, 2.45) is 11.8 Å². The molecule has 0 aliphatic heterocycles. The van der Waals surface area contributed by atoms with Gasteiger partial charge >= 0.3 is 11.9 Å². The second-order valence-electron chi connectivity index (χ2n) is 6.71. The molecule has 4 atom stereocenters. The number of carbonyl (C=O) groups excluding carboxylic acids is 2. The second kappa shape index (κ2) is 9.56. The summed E-state index contributed by atoms with van der Waals surface area (Å²) in [7, 11) is 0. The summed E-state index contributed by atoms with van der Waals surface area (Å²) in [6.07, 6.45) is 2.35. The third-order valence-corrected chi connectivity index (χ3v) is 4.80. The van der Waals surface area contributed by atoms with Crippen LogP contribution < -0.4 is 0 Å². The lowest BCUT2D eigenvalue weighted by Gasteiger charge is -2.30. The smallest absolute Gasteiger partial charge is 0.310 e. The van der Waals surface area contributed by atoms with E-state index in [1.807, 2.05) is 37.3 Å². The maximum absolute atomic E-state index is 12.5. The second-order valence-corrected chi connectivity index (χ2v) is 6.71. The van der Waals surface area contributed by atoms with Crippen LogP contribution in [0.5, 0.6) is 0 Å². The van der Waals surface area contributed by atoms with Crippen molar-refractivity contribution in [1.29, 1.82) is 0 Å². The van der Waals surface area contributed by atoms with E-state index in [0.717, 1.165) is 18.4 Å². The lowest BCUT2D eigenvalue weighted by molar-refractivity contribution is -0.170. The summed E-state index contributed by atoms with van der Waals surface area (Å²) >= 11 is 0. The highest BCUT2D eigenvalue weighted by molar-refractivity contribution is 5.82. The Morgan fingerprint density at radius 1 is 1.12 bits per heavy atom. The fraction of sp³-hybridized carbons (Fsp3) is 0.600. The first-order valence-electron chi connectivity index (χ1n) is 9.12. The average Bonchev–Trinajstić information content (AvgIpc) is 2.64. The van der Waals surface area contributed by atoms with E-state index in [4.69, 9.17) is 9.47 Å². The molecule has 0 amide bonds. The summed E-state index contributed by atoms with van der Waals surface area (Å²) in [6.45, 7) is 3.67. The van der Waals surface area contributed by atoms with Gasteiger partial charge in [-0.15, -0.1) is 0 Å². The number of hydrogen-bond donors (Lipinski definition) is 1. The van der Waals surface area contributed by atoms with Crippen LogP contribution in [0.4, 0.5) is 0 Å². The highest BCUT2D eigenvalue weighted by Gasteiger charge is 2.39. The zero-order chi connectivity index (χ0) is 18.2. The van der Waals surface area contributed by atoms with Crippen LogP contribution in [0.15, 0.2) is 30.3 Å². The quantitative estimate of drug-likeness (QED) is 0.766. The minimum absolute atomic E-state index is 0.212. The van der Waals surface area contributed by atoms with E-state index >= 15 is 0 Å². The van der Waals surface area contributed by atoms with Gasteiger partial charge < -0.3 is 14.6 Å². The monoisotopic (exact) mass is 348 g/mol. The van der Waals surface area contributed by atoms with Crippen LogP contribution >= 0.6 is 0 Å². The molecule has 0 saturated heterocycles. The van der Waals surface area contributed by atoms with Crippen LogP contribution in [0.1, 0.15) is 51.5 Å². The van der Waals surface area contributed by atoms with Crippen molar-refractivity contribution in [3.63, 3.8) is 0 Å². The molecular formula is C20H28O5. The van der Waals surface area contributed by atoms with Crippen LogP contribution in [0.25, 0.3) is 0 Å². The molecule has 1 saturated carbocycles. The van der Waals surface area contributed by atoms with Crippen molar-refractivity contribution in [2.45, 2.75) is 64.8 Å². The summed E-state index contributed by atoms with van der Waals surface area (Å²) in [6, 6.07) is 9.49. The number of aliphatic hydroxyl groups excluding tert-OH is 1. The predicted octanol–water partition coefficient (Wildman–Crippen LogP) is 3.24. The Balaban J connectivity index is 1.96. The molecule has 5 nitrogen and oxygen atoms in total. The minimum Gasteiger partial charge on any atom is -0.461 e. The fourth-order valence-electron chi connectivity index (χ4n) is 3.29. The number of aliphatic hydroxyl groups is 1. The van der Waals surface area contributed by atoms with Gasteiger partial charge in [-0.05, 0) is 31.7 Å². The van der Waals surface area contributed by atoms with E-state index in [1.54, 1.807) is 6.92 Å². The summed E-state index contributed by atoms with van der Waals surface area (Å²) in [5.74, 6) is -1.67. The maximum Gasteiger partial charge on any atom is 0.310 e. The summed E-state index contributed by atoms with van der Waals surface area (Å²) < 4.78 is 10.9. The fourth-order valence-corrected chi connectivity index (χ4v) is 3.29. The van der Waals surface area contributed by atoms with E-state index in [2.05, 4.69) is 0 Å². The summed E-state index contributed by atoms with van der Waals surface area (Å²) in [5.41, 5.74) is 0.922. The van der Waals surface area contributed by atoms with Gasteiger partial charge in [-0.25, -0.2) is 0 Å². The van der Waals surface area contributed by atoms with Crippen molar-refractivity contribution in [3.05, 3.63) is 35.9 Å². The first kappa shape index (κ1) is 19.4. The Labute approximate surface area is 149 Å². The Morgan fingerprint density at radius 3 is 2.28 bits per heavy atom. The molecule has 1 N–H and O–H groups in total. The van der Waals surface area contributed by atoms with Gasteiger partial charge in [0, 0.05) is 0 Å². The van der Waals surface area contributed by atoms with Gasteiger partial charge in [0.15, 0.2) is 0 Å². The van der Waals surface area contributed by atoms with Crippen molar-refractivity contribution < 1.29 is 24.2 Å². The summed E-state index contributed by atoms with van der Waals surface area (Å²) in [4.78, 5) is 25.0. The maximum atomic E-state index is 12.5. The van der Waals surface area contributed by atoms with Gasteiger partial charge in [-0.1, -0.05) is 50.1 Å². The zero-order valence-corrected chi connectivity index (χ0v) is 15.0. The van der Waals surface area contributed by atoms with E-state index in [1.165, 1.54) is 0 Å². The number of ether oxygens (including phenoxy) is 2. The van der Waals surface area contributed by atoms with Crippen molar-refractivity contribution in [3.8, 4) is 0 Å². The van der Waals surface area contributed by atoms with Gasteiger partial charge in [0.25, 0.3) is 0 Å². The first-order valence-corrected chi connectivity index (χ1v) is 9.12. The molecule has 2 rings (SSSR count). The highest BCUT2D eigenvalue weighted by Crippen LogP contribution is 2.32. The van der Waals surface area contributed by atoms with Gasteiger partial charge in [-0.3, -0.25) is 9.59 Å². The zero-order valence-electron chi connectivity index (χ0n) is 15.0. The van der Waals surface area contributed by atoms with E-state index < -0.39 is 30.0 Å². The van der Waals surface area contributed by atoms with E-state index in [-0.39, 0.29) is 12.6 Å². The molecule has 1 aromatic carbocycles. The molecule has 0 heterocycles.